The van der Waals surface area contributed by atoms with Gasteiger partial charge in [0, 0.05) is 18.9 Å². The van der Waals surface area contributed by atoms with Crippen LogP contribution in [0.4, 0.5) is 0 Å². The molecule has 0 aliphatic carbocycles. The SMILES string of the molecule is Cn1cccc1CNC(=O)c1ccccc1O. The largest absolute Gasteiger partial charge is 0.507 e. The van der Waals surface area contributed by atoms with E-state index in [1.807, 2.05) is 29.9 Å². The van der Waals surface area contributed by atoms with Crippen molar-refractivity contribution in [1.82, 2.24) is 9.88 Å². The summed E-state index contributed by atoms with van der Waals surface area (Å²) in [6, 6.07) is 10.3. The third-order valence-electron chi connectivity index (χ3n) is 2.63. The minimum Gasteiger partial charge on any atom is -0.507 e. The van der Waals surface area contributed by atoms with E-state index in [2.05, 4.69) is 5.32 Å². The Bertz CT molecular complexity index is 532. The van der Waals surface area contributed by atoms with Gasteiger partial charge in [-0.25, -0.2) is 0 Å². The summed E-state index contributed by atoms with van der Waals surface area (Å²) in [4.78, 5) is 11.8. The zero-order valence-electron chi connectivity index (χ0n) is 9.55. The summed E-state index contributed by atoms with van der Waals surface area (Å²) in [6.07, 6.45) is 1.92. The molecule has 0 atom stereocenters. The summed E-state index contributed by atoms with van der Waals surface area (Å²) < 4.78 is 1.94. The van der Waals surface area contributed by atoms with E-state index < -0.39 is 0 Å². The molecule has 0 saturated heterocycles. The van der Waals surface area contributed by atoms with E-state index >= 15 is 0 Å². The molecule has 0 spiro atoms. The van der Waals surface area contributed by atoms with Crippen LogP contribution < -0.4 is 5.32 Å². The van der Waals surface area contributed by atoms with Crippen molar-refractivity contribution in [3.05, 3.63) is 53.9 Å². The fourth-order valence-electron chi connectivity index (χ4n) is 1.61. The van der Waals surface area contributed by atoms with Gasteiger partial charge in [0.15, 0.2) is 0 Å². The van der Waals surface area contributed by atoms with E-state index in [0.717, 1.165) is 5.69 Å². The van der Waals surface area contributed by atoms with Gasteiger partial charge in [-0.15, -0.1) is 0 Å². The van der Waals surface area contributed by atoms with Crippen LogP contribution in [0.2, 0.25) is 0 Å². The van der Waals surface area contributed by atoms with Gasteiger partial charge in [-0.2, -0.15) is 0 Å². The van der Waals surface area contributed by atoms with Crippen LogP contribution in [-0.4, -0.2) is 15.6 Å². The quantitative estimate of drug-likeness (QED) is 0.842. The monoisotopic (exact) mass is 230 g/mol. The summed E-state index contributed by atoms with van der Waals surface area (Å²) in [7, 11) is 1.92. The summed E-state index contributed by atoms with van der Waals surface area (Å²) in [5, 5.41) is 12.3. The van der Waals surface area contributed by atoms with Crippen molar-refractivity contribution in [2.75, 3.05) is 0 Å². The molecule has 0 unspecified atom stereocenters. The Kier molecular flexibility index (Phi) is 3.14. The number of phenols is 1. The summed E-state index contributed by atoms with van der Waals surface area (Å²) in [5.74, 6) is -0.277. The van der Waals surface area contributed by atoms with Gasteiger partial charge in [-0.3, -0.25) is 4.79 Å². The number of hydrogen-bond acceptors (Lipinski definition) is 2. The number of amides is 1. The van der Waals surface area contributed by atoms with Crippen LogP contribution in [0, 0.1) is 0 Å². The molecule has 0 bridgehead atoms. The van der Waals surface area contributed by atoms with Crippen LogP contribution in [0.15, 0.2) is 42.6 Å². The minimum absolute atomic E-state index is 0.00289. The van der Waals surface area contributed by atoms with Crippen molar-refractivity contribution in [2.45, 2.75) is 6.54 Å². The predicted octanol–water partition coefficient (Wildman–Crippen LogP) is 1.66. The Morgan fingerprint density at radius 1 is 1.29 bits per heavy atom. The molecular weight excluding hydrogens is 216 g/mol. The first-order valence-corrected chi connectivity index (χ1v) is 5.35. The second-order valence-corrected chi connectivity index (χ2v) is 3.81. The molecule has 1 aromatic carbocycles. The molecule has 0 radical (unpaired) electrons. The maximum atomic E-state index is 11.8. The molecule has 17 heavy (non-hydrogen) atoms. The topological polar surface area (TPSA) is 54.3 Å². The van der Waals surface area contributed by atoms with Crippen LogP contribution in [0.5, 0.6) is 5.75 Å². The van der Waals surface area contributed by atoms with E-state index in [-0.39, 0.29) is 11.7 Å². The fourth-order valence-corrected chi connectivity index (χ4v) is 1.61. The number of carbonyl (C=O) groups is 1. The lowest BCUT2D eigenvalue weighted by Gasteiger charge is -2.07. The van der Waals surface area contributed by atoms with Gasteiger partial charge in [0.05, 0.1) is 12.1 Å². The predicted molar refractivity (Wildman–Crippen MR) is 64.7 cm³/mol. The first-order valence-electron chi connectivity index (χ1n) is 5.35. The van der Waals surface area contributed by atoms with Crippen molar-refractivity contribution in [1.29, 1.82) is 0 Å². The highest BCUT2D eigenvalue weighted by molar-refractivity contribution is 5.96. The number of carbonyl (C=O) groups excluding carboxylic acids is 1. The number of para-hydroxylation sites is 1. The molecule has 0 fully saturated rings. The van der Waals surface area contributed by atoms with Gasteiger partial charge >= 0.3 is 0 Å². The Labute approximate surface area is 99.5 Å². The maximum absolute atomic E-state index is 11.8. The van der Waals surface area contributed by atoms with Crippen LogP contribution in [0.3, 0.4) is 0 Å². The summed E-state index contributed by atoms with van der Waals surface area (Å²) in [6.45, 7) is 0.441. The first-order chi connectivity index (χ1) is 8.18. The van der Waals surface area contributed by atoms with Gasteiger partial charge in [-0.1, -0.05) is 12.1 Å². The molecule has 2 aromatic rings. The van der Waals surface area contributed by atoms with Crippen molar-refractivity contribution in [2.24, 2.45) is 7.05 Å². The van der Waals surface area contributed by atoms with Crippen LogP contribution in [-0.2, 0) is 13.6 Å². The van der Waals surface area contributed by atoms with E-state index in [9.17, 15) is 9.90 Å². The van der Waals surface area contributed by atoms with E-state index in [1.54, 1.807) is 18.2 Å². The number of hydrogen-bond donors (Lipinski definition) is 2. The van der Waals surface area contributed by atoms with Crippen molar-refractivity contribution < 1.29 is 9.90 Å². The second-order valence-electron chi connectivity index (χ2n) is 3.81. The highest BCUT2D eigenvalue weighted by Crippen LogP contribution is 2.15. The molecule has 0 aliphatic heterocycles. The number of nitrogens with zero attached hydrogens (tertiary/aromatic N) is 1. The second kappa shape index (κ2) is 4.74. The average Bonchev–Trinajstić information content (AvgIpc) is 2.72. The van der Waals surface area contributed by atoms with E-state index in [0.29, 0.717) is 12.1 Å². The zero-order chi connectivity index (χ0) is 12.3. The van der Waals surface area contributed by atoms with Crippen LogP contribution in [0.1, 0.15) is 16.1 Å². The molecule has 2 N–H and O–H groups in total. The van der Waals surface area contributed by atoms with Crippen LogP contribution in [0.25, 0.3) is 0 Å². The molecular formula is C13H14N2O2. The standard InChI is InChI=1S/C13H14N2O2/c1-15-8-4-5-10(15)9-14-13(17)11-6-2-3-7-12(11)16/h2-8,16H,9H2,1H3,(H,14,17). The Hall–Kier alpha value is -2.23. The Balaban J connectivity index is 2.04. The van der Waals surface area contributed by atoms with Crippen molar-refractivity contribution in [3.63, 3.8) is 0 Å². The lowest BCUT2D eigenvalue weighted by molar-refractivity contribution is 0.0947. The maximum Gasteiger partial charge on any atom is 0.255 e. The molecule has 1 heterocycles. The molecule has 0 aliphatic rings. The highest BCUT2D eigenvalue weighted by atomic mass is 16.3. The molecule has 2 rings (SSSR count). The van der Waals surface area contributed by atoms with Gasteiger partial charge in [0.25, 0.3) is 5.91 Å². The molecule has 1 amide bonds. The number of nitrogens with one attached hydrogen (secondary N) is 1. The summed E-state index contributed by atoms with van der Waals surface area (Å²) >= 11 is 0. The Morgan fingerprint density at radius 2 is 2.06 bits per heavy atom. The van der Waals surface area contributed by atoms with Crippen molar-refractivity contribution >= 4 is 5.91 Å². The molecule has 88 valence electrons. The number of aryl methyl sites for hydroxylation is 1. The van der Waals surface area contributed by atoms with E-state index in [4.69, 9.17) is 0 Å². The first kappa shape index (κ1) is 11.3. The average molecular weight is 230 g/mol. The van der Waals surface area contributed by atoms with Crippen molar-refractivity contribution in [3.8, 4) is 5.75 Å². The molecule has 4 nitrogen and oxygen atoms in total. The van der Waals surface area contributed by atoms with Gasteiger partial charge in [-0.05, 0) is 24.3 Å². The zero-order valence-corrected chi connectivity index (χ0v) is 9.55. The van der Waals surface area contributed by atoms with E-state index in [1.165, 1.54) is 6.07 Å². The fraction of sp³-hybridized carbons (Fsp3) is 0.154. The lowest BCUT2D eigenvalue weighted by atomic mass is 10.2. The van der Waals surface area contributed by atoms with Crippen LogP contribution >= 0.6 is 0 Å². The lowest BCUT2D eigenvalue weighted by Crippen LogP contribution is -2.23. The minimum atomic E-state index is -0.274. The molecule has 4 heteroatoms. The number of aromatic nitrogens is 1. The van der Waals surface area contributed by atoms with Gasteiger partial charge < -0.3 is 15.0 Å². The number of aromatic hydroxyl groups is 1. The normalized spacial score (nSPS) is 10.2. The van der Waals surface area contributed by atoms with Gasteiger partial charge in [0.1, 0.15) is 5.75 Å². The number of phenolic OH excluding ortho intramolecular Hbond substituents is 1. The number of rotatable bonds is 3. The number of benzene rings is 1. The van der Waals surface area contributed by atoms with Gasteiger partial charge in [0.2, 0.25) is 0 Å². The highest BCUT2D eigenvalue weighted by Gasteiger charge is 2.09. The Morgan fingerprint density at radius 3 is 2.71 bits per heavy atom. The third kappa shape index (κ3) is 2.47. The third-order valence-corrected chi connectivity index (χ3v) is 2.63. The molecule has 1 aromatic heterocycles. The molecule has 0 saturated carbocycles. The smallest absolute Gasteiger partial charge is 0.255 e. The summed E-state index contributed by atoms with van der Waals surface area (Å²) in [5.41, 5.74) is 1.30.